The van der Waals surface area contributed by atoms with Crippen molar-refractivity contribution in [2.45, 2.75) is 50.8 Å². The third-order valence-electron chi connectivity index (χ3n) is 2.83. The van der Waals surface area contributed by atoms with Gasteiger partial charge in [-0.3, -0.25) is 4.79 Å². The molecule has 0 bridgehead atoms. The van der Waals surface area contributed by atoms with Gasteiger partial charge >= 0.3 is 0 Å². The maximum absolute atomic E-state index is 12.2. The smallest absolute Gasteiger partial charge is 0.235 e. The number of nitriles is 1. The van der Waals surface area contributed by atoms with Crippen molar-refractivity contribution in [2.24, 2.45) is 0 Å². The number of rotatable bonds is 4. The van der Waals surface area contributed by atoms with Gasteiger partial charge in [-0.05, 0) is 32.4 Å². The summed E-state index contributed by atoms with van der Waals surface area (Å²) in [4.78, 5) is 14.1. The minimum Gasteiger partial charge on any atom is -0.338 e. The molecule has 1 atom stereocenters. The van der Waals surface area contributed by atoms with Gasteiger partial charge in [0.1, 0.15) is 0 Å². The third-order valence-corrected chi connectivity index (χ3v) is 4.19. The Hall–Kier alpha value is -0.690. The molecule has 0 saturated carbocycles. The molecule has 1 aliphatic heterocycles. The molecule has 1 heterocycles. The number of nitrogens with zero attached hydrogens (tertiary/aromatic N) is 2. The van der Waals surface area contributed by atoms with Gasteiger partial charge in [-0.1, -0.05) is 6.42 Å². The van der Waals surface area contributed by atoms with E-state index in [4.69, 9.17) is 5.26 Å². The zero-order chi connectivity index (χ0) is 12.0. The Morgan fingerprint density at radius 1 is 1.56 bits per heavy atom. The Morgan fingerprint density at radius 3 is 2.81 bits per heavy atom. The molecule has 0 aromatic heterocycles. The lowest BCUT2D eigenvalue weighted by molar-refractivity contribution is -0.132. The van der Waals surface area contributed by atoms with Crippen LogP contribution in [0.4, 0.5) is 0 Å². The van der Waals surface area contributed by atoms with Crippen molar-refractivity contribution in [3.8, 4) is 6.07 Å². The van der Waals surface area contributed by atoms with Gasteiger partial charge in [0, 0.05) is 12.6 Å². The molecule has 0 aromatic carbocycles. The molecule has 16 heavy (non-hydrogen) atoms. The SMILES string of the molecule is CC(C)N(CCC#N)C(=O)C1CCCCS1. The number of hydrogen-bond acceptors (Lipinski definition) is 3. The molecule has 0 radical (unpaired) electrons. The van der Waals surface area contributed by atoms with Crippen LogP contribution in [0.15, 0.2) is 0 Å². The predicted molar refractivity (Wildman–Crippen MR) is 67.2 cm³/mol. The molecule has 4 heteroatoms. The van der Waals surface area contributed by atoms with Crippen LogP contribution >= 0.6 is 11.8 Å². The summed E-state index contributed by atoms with van der Waals surface area (Å²) >= 11 is 1.78. The first-order chi connectivity index (χ1) is 7.66. The standard InChI is InChI=1S/C12H20N2OS/c1-10(2)14(8-5-7-13)12(15)11-6-3-4-9-16-11/h10-11H,3-6,8-9H2,1-2H3. The van der Waals surface area contributed by atoms with Crippen LogP contribution in [-0.2, 0) is 4.79 Å². The molecule has 1 aliphatic rings. The molecule has 0 spiro atoms. The quantitative estimate of drug-likeness (QED) is 0.758. The van der Waals surface area contributed by atoms with Crippen LogP contribution < -0.4 is 0 Å². The van der Waals surface area contributed by atoms with E-state index < -0.39 is 0 Å². The van der Waals surface area contributed by atoms with E-state index >= 15 is 0 Å². The molecular formula is C12H20N2OS. The highest BCUT2D eigenvalue weighted by Gasteiger charge is 2.27. The maximum Gasteiger partial charge on any atom is 0.235 e. The van der Waals surface area contributed by atoms with Crippen LogP contribution in [0.3, 0.4) is 0 Å². The van der Waals surface area contributed by atoms with Crippen LogP contribution in [0, 0.1) is 11.3 Å². The zero-order valence-electron chi connectivity index (χ0n) is 10.1. The summed E-state index contributed by atoms with van der Waals surface area (Å²) in [5.41, 5.74) is 0. The minimum absolute atomic E-state index is 0.134. The molecule has 3 nitrogen and oxygen atoms in total. The molecule has 90 valence electrons. The normalized spacial score (nSPS) is 20.5. The Balaban J connectivity index is 2.55. The second kappa shape index (κ2) is 6.80. The van der Waals surface area contributed by atoms with E-state index in [0.29, 0.717) is 13.0 Å². The van der Waals surface area contributed by atoms with E-state index in [1.165, 1.54) is 6.42 Å². The average Bonchev–Trinajstić information content (AvgIpc) is 2.30. The fourth-order valence-corrected chi connectivity index (χ4v) is 3.18. The molecule has 0 aromatic rings. The van der Waals surface area contributed by atoms with Gasteiger partial charge in [0.2, 0.25) is 5.91 Å². The number of carbonyl (C=O) groups excluding carboxylic acids is 1. The molecule has 1 rings (SSSR count). The molecule has 0 N–H and O–H groups in total. The van der Waals surface area contributed by atoms with Crippen LogP contribution in [0.2, 0.25) is 0 Å². The third kappa shape index (κ3) is 3.71. The highest BCUT2D eigenvalue weighted by Crippen LogP contribution is 2.27. The summed E-state index contributed by atoms with van der Waals surface area (Å²) in [6.45, 7) is 4.61. The van der Waals surface area contributed by atoms with Crippen molar-refractivity contribution in [1.29, 1.82) is 5.26 Å². The fourth-order valence-electron chi connectivity index (χ4n) is 1.91. The first kappa shape index (κ1) is 13.4. The van der Waals surface area contributed by atoms with Gasteiger partial charge in [-0.15, -0.1) is 11.8 Å². The van der Waals surface area contributed by atoms with E-state index in [1.54, 1.807) is 11.8 Å². The molecular weight excluding hydrogens is 220 g/mol. The molecule has 1 fully saturated rings. The van der Waals surface area contributed by atoms with E-state index in [9.17, 15) is 4.79 Å². The summed E-state index contributed by atoms with van der Waals surface area (Å²) in [7, 11) is 0. The molecule has 1 unspecified atom stereocenters. The average molecular weight is 240 g/mol. The van der Waals surface area contributed by atoms with E-state index in [0.717, 1.165) is 18.6 Å². The highest BCUT2D eigenvalue weighted by atomic mass is 32.2. The first-order valence-corrected chi connectivity index (χ1v) is 7.00. The van der Waals surface area contributed by atoms with Gasteiger partial charge in [0.15, 0.2) is 0 Å². The summed E-state index contributed by atoms with van der Waals surface area (Å²) in [5, 5.41) is 8.73. The van der Waals surface area contributed by atoms with Crippen molar-refractivity contribution in [2.75, 3.05) is 12.3 Å². The van der Waals surface area contributed by atoms with Gasteiger partial charge in [0.25, 0.3) is 0 Å². The van der Waals surface area contributed by atoms with E-state index in [2.05, 4.69) is 6.07 Å². The van der Waals surface area contributed by atoms with Crippen LogP contribution in [0.1, 0.15) is 39.5 Å². The second-order valence-corrected chi connectivity index (χ2v) is 5.70. The summed E-state index contributed by atoms with van der Waals surface area (Å²) in [6.07, 6.45) is 3.82. The Bertz CT molecular complexity index is 267. The summed E-state index contributed by atoms with van der Waals surface area (Å²) in [6, 6.07) is 2.31. The van der Waals surface area contributed by atoms with E-state index in [-0.39, 0.29) is 17.2 Å². The van der Waals surface area contributed by atoms with Crippen molar-refractivity contribution in [3.05, 3.63) is 0 Å². The predicted octanol–water partition coefficient (Wildman–Crippen LogP) is 2.42. The Kier molecular flexibility index (Phi) is 5.68. The zero-order valence-corrected chi connectivity index (χ0v) is 10.9. The first-order valence-electron chi connectivity index (χ1n) is 5.96. The topological polar surface area (TPSA) is 44.1 Å². The van der Waals surface area contributed by atoms with Crippen LogP contribution in [0.5, 0.6) is 0 Å². The lowest BCUT2D eigenvalue weighted by Gasteiger charge is -2.31. The number of thioether (sulfide) groups is 1. The van der Waals surface area contributed by atoms with Crippen LogP contribution in [0.25, 0.3) is 0 Å². The molecule has 1 amide bonds. The monoisotopic (exact) mass is 240 g/mol. The summed E-state index contributed by atoms with van der Waals surface area (Å²) in [5.74, 6) is 1.33. The number of hydrogen-bond donors (Lipinski definition) is 0. The summed E-state index contributed by atoms with van der Waals surface area (Å²) < 4.78 is 0. The largest absolute Gasteiger partial charge is 0.338 e. The Morgan fingerprint density at radius 2 is 2.31 bits per heavy atom. The lowest BCUT2D eigenvalue weighted by atomic mass is 10.1. The van der Waals surface area contributed by atoms with Crippen molar-refractivity contribution < 1.29 is 4.79 Å². The van der Waals surface area contributed by atoms with Gasteiger partial charge in [-0.25, -0.2) is 0 Å². The number of carbonyl (C=O) groups is 1. The highest BCUT2D eigenvalue weighted by molar-refractivity contribution is 8.00. The van der Waals surface area contributed by atoms with E-state index in [1.807, 2.05) is 18.7 Å². The molecule has 0 aliphatic carbocycles. The van der Waals surface area contributed by atoms with Crippen molar-refractivity contribution >= 4 is 17.7 Å². The van der Waals surface area contributed by atoms with Crippen molar-refractivity contribution in [1.82, 2.24) is 4.90 Å². The molecule has 1 saturated heterocycles. The van der Waals surface area contributed by atoms with Gasteiger partial charge in [-0.2, -0.15) is 5.26 Å². The Labute approximate surface area is 102 Å². The van der Waals surface area contributed by atoms with Crippen LogP contribution in [-0.4, -0.2) is 34.4 Å². The second-order valence-electron chi connectivity index (χ2n) is 4.39. The number of amides is 1. The van der Waals surface area contributed by atoms with Crippen molar-refractivity contribution in [3.63, 3.8) is 0 Å². The van der Waals surface area contributed by atoms with Gasteiger partial charge in [0.05, 0.1) is 17.7 Å². The lowest BCUT2D eigenvalue weighted by Crippen LogP contribution is -2.43. The minimum atomic E-state index is 0.134. The fraction of sp³-hybridized carbons (Fsp3) is 0.833. The van der Waals surface area contributed by atoms with Gasteiger partial charge < -0.3 is 4.90 Å². The maximum atomic E-state index is 12.2.